The van der Waals surface area contributed by atoms with Crippen LogP contribution in [0.3, 0.4) is 0 Å². The fraction of sp³-hybridized carbons (Fsp3) is 0.556. The van der Waals surface area contributed by atoms with Crippen LogP contribution in [0.25, 0.3) is 0 Å². The monoisotopic (exact) mass is 277 g/mol. The van der Waals surface area contributed by atoms with Crippen molar-refractivity contribution in [1.29, 1.82) is 0 Å². The van der Waals surface area contributed by atoms with Gasteiger partial charge in [-0.25, -0.2) is 9.78 Å². The molecule has 0 radical (unpaired) electrons. The maximum Gasteiger partial charge on any atom is 0.367 e. The van der Waals surface area contributed by atoms with E-state index in [1.165, 1.54) is 11.3 Å². The lowest BCUT2D eigenvalue weighted by Crippen LogP contribution is -2.04. The molecule has 14 heavy (non-hydrogen) atoms. The van der Waals surface area contributed by atoms with Crippen molar-refractivity contribution in [3.63, 3.8) is 0 Å². The maximum absolute atomic E-state index is 11.3. The van der Waals surface area contributed by atoms with Crippen molar-refractivity contribution in [1.82, 2.24) is 4.98 Å². The fourth-order valence-corrected chi connectivity index (χ4v) is 2.80. The molecular formula is C9H12BrNO2S. The van der Waals surface area contributed by atoms with Crippen LogP contribution in [0.2, 0.25) is 0 Å². The van der Waals surface area contributed by atoms with Crippen LogP contribution in [-0.2, 0) is 4.74 Å². The lowest BCUT2D eigenvalue weighted by atomic mass is 10.2. The lowest BCUT2D eigenvalue weighted by Gasteiger charge is -1.99. The van der Waals surface area contributed by atoms with E-state index in [0.717, 1.165) is 9.48 Å². The summed E-state index contributed by atoms with van der Waals surface area (Å²) < 4.78 is 5.78. The second kappa shape index (κ2) is 4.89. The maximum atomic E-state index is 11.3. The number of hydrogen-bond donors (Lipinski definition) is 0. The number of ether oxygens (including phenoxy) is 1. The molecule has 0 amide bonds. The Kier molecular flexibility index (Phi) is 4.07. The number of thiazole rings is 1. The van der Waals surface area contributed by atoms with Gasteiger partial charge in [-0.2, -0.15) is 0 Å². The van der Waals surface area contributed by atoms with Crippen LogP contribution in [0.4, 0.5) is 0 Å². The molecule has 1 aromatic rings. The number of rotatable bonds is 3. The van der Waals surface area contributed by atoms with E-state index in [1.54, 1.807) is 6.92 Å². The highest BCUT2D eigenvalue weighted by Crippen LogP contribution is 2.30. The summed E-state index contributed by atoms with van der Waals surface area (Å²) in [5.41, 5.74) is 0.915. The average Bonchev–Trinajstić information content (AvgIpc) is 2.48. The van der Waals surface area contributed by atoms with Crippen molar-refractivity contribution in [3.05, 3.63) is 14.5 Å². The molecule has 0 aromatic carbocycles. The Labute approximate surface area is 95.6 Å². The summed E-state index contributed by atoms with van der Waals surface area (Å²) in [7, 11) is 0. The number of aromatic nitrogens is 1. The second-order valence-corrected chi connectivity index (χ2v) is 5.37. The van der Waals surface area contributed by atoms with Gasteiger partial charge in [0, 0.05) is 0 Å². The molecule has 0 fully saturated rings. The molecular weight excluding hydrogens is 266 g/mol. The highest BCUT2D eigenvalue weighted by Gasteiger charge is 2.17. The van der Waals surface area contributed by atoms with Gasteiger partial charge in [-0.3, -0.25) is 0 Å². The number of halogens is 1. The number of hydrogen-bond acceptors (Lipinski definition) is 4. The summed E-state index contributed by atoms with van der Waals surface area (Å²) in [4.78, 5) is 15.6. The zero-order valence-corrected chi connectivity index (χ0v) is 10.7. The van der Waals surface area contributed by atoms with E-state index < -0.39 is 0 Å². The summed E-state index contributed by atoms with van der Waals surface area (Å²) in [6.45, 7) is 6.24. The van der Waals surface area contributed by atoms with E-state index in [1.807, 2.05) is 13.8 Å². The van der Waals surface area contributed by atoms with Gasteiger partial charge >= 0.3 is 5.97 Å². The number of carbonyl (C=O) groups excluding carboxylic acids is 1. The molecule has 0 unspecified atom stereocenters. The Morgan fingerprint density at radius 1 is 1.64 bits per heavy atom. The van der Waals surface area contributed by atoms with Crippen molar-refractivity contribution in [2.75, 3.05) is 6.61 Å². The van der Waals surface area contributed by atoms with Crippen LogP contribution in [0.1, 0.15) is 42.2 Å². The predicted octanol–water partition coefficient (Wildman–Crippen LogP) is 3.21. The molecule has 0 aliphatic rings. The lowest BCUT2D eigenvalue weighted by molar-refractivity contribution is 0.0525. The SMILES string of the molecule is CCOC(=O)c1nc(C(C)C)c(Br)s1. The van der Waals surface area contributed by atoms with E-state index in [0.29, 0.717) is 17.5 Å². The van der Waals surface area contributed by atoms with Gasteiger partial charge in [0.15, 0.2) is 0 Å². The molecule has 0 atom stereocenters. The molecule has 0 aliphatic heterocycles. The van der Waals surface area contributed by atoms with Crippen LogP contribution in [0.15, 0.2) is 3.79 Å². The van der Waals surface area contributed by atoms with Gasteiger partial charge in [0.1, 0.15) is 0 Å². The van der Waals surface area contributed by atoms with Gasteiger partial charge in [0.25, 0.3) is 0 Å². The molecule has 0 N–H and O–H groups in total. The Bertz CT molecular complexity index is 336. The standard InChI is InChI=1S/C9H12BrNO2S/c1-4-13-9(12)8-11-6(5(2)3)7(10)14-8/h5H,4H2,1-3H3. The van der Waals surface area contributed by atoms with E-state index in [2.05, 4.69) is 20.9 Å². The van der Waals surface area contributed by atoms with Crippen LogP contribution >= 0.6 is 27.3 Å². The zero-order chi connectivity index (χ0) is 10.7. The van der Waals surface area contributed by atoms with Gasteiger partial charge < -0.3 is 4.74 Å². The first-order valence-corrected chi connectivity index (χ1v) is 6.00. The first kappa shape index (κ1) is 11.7. The number of nitrogens with zero attached hydrogens (tertiary/aromatic N) is 1. The Morgan fingerprint density at radius 3 is 2.71 bits per heavy atom. The van der Waals surface area contributed by atoms with Gasteiger partial charge in [0.2, 0.25) is 5.01 Å². The Hall–Kier alpha value is -0.420. The molecule has 1 heterocycles. The van der Waals surface area contributed by atoms with E-state index in [-0.39, 0.29) is 5.97 Å². The average molecular weight is 278 g/mol. The number of carbonyl (C=O) groups is 1. The van der Waals surface area contributed by atoms with Gasteiger partial charge in [-0.05, 0) is 28.8 Å². The molecule has 78 valence electrons. The minimum Gasteiger partial charge on any atom is -0.461 e. The van der Waals surface area contributed by atoms with E-state index in [4.69, 9.17) is 4.74 Å². The number of esters is 1. The van der Waals surface area contributed by atoms with Crippen LogP contribution in [-0.4, -0.2) is 17.6 Å². The summed E-state index contributed by atoms with van der Waals surface area (Å²) in [5.74, 6) is -0.0334. The van der Waals surface area contributed by atoms with Crippen molar-refractivity contribution in [3.8, 4) is 0 Å². The highest BCUT2D eigenvalue weighted by atomic mass is 79.9. The van der Waals surface area contributed by atoms with Crippen molar-refractivity contribution in [2.24, 2.45) is 0 Å². The largest absolute Gasteiger partial charge is 0.461 e. The third kappa shape index (κ3) is 2.54. The minimum atomic E-state index is -0.342. The molecule has 0 aliphatic carbocycles. The van der Waals surface area contributed by atoms with Gasteiger partial charge in [0.05, 0.1) is 16.1 Å². The summed E-state index contributed by atoms with van der Waals surface area (Å²) in [6, 6.07) is 0. The molecule has 5 heteroatoms. The van der Waals surface area contributed by atoms with E-state index in [9.17, 15) is 4.79 Å². The Morgan fingerprint density at radius 2 is 2.29 bits per heavy atom. The van der Waals surface area contributed by atoms with Crippen molar-refractivity contribution < 1.29 is 9.53 Å². The van der Waals surface area contributed by atoms with Crippen molar-refractivity contribution >= 4 is 33.2 Å². The zero-order valence-electron chi connectivity index (χ0n) is 8.33. The van der Waals surface area contributed by atoms with Crippen molar-refractivity contribution in [2.45, 2.75) is 26.7 Å². The fourth-order valence-electron chi connectivity index (χ4n) is 0.950. The molecule has 0 bridgehead atoms. The normalized spacial score (nSPS) is 10.6. The van der Waals surface area contributed by atoms with Gasteiger partial charge in [-0.1, -0.05) is 25.2 Å². The molecule has 1 aromatic heterocycles. The second-order valence-electron chi connectivity index (χ2n) is 3.05. The topological polar surface area (TPSA) is 39.2 Å². The van der Waals surface area contributed by atoms with Crippen LogP contribution in [0, 0.1) is 0 Å². The first-order chi connectivity index (χ1) is 6.56. The third-order valence-corrected chi connectivity index (χ3v) is 3.34. The summed E-state index contributed by atoms with van der Waals surface area (Å²) >= 11 is 4.71. The molecule has 1 rings (SSSR count). The Balaban J connectivity index is 2.90. The summed E-state index contributed by atoms with van der Waals surface area (Å²) in [6.07, 6.45) is 0. The first-order valence-electron chi connectivity index (χ1n) is 4.39. The molecule has 3 nitrogen and oxygen atoms in total. The summed E-state index contributed by atoms with van der Waals surface area (Å²) in [5, 5.41) is 0.419. The van der Waals surface area contributed by atoms with Gasteiger partial charge in [-0.15, -0.1) is 0 Å². The van der Waals surface area contributed by atoms with E-state index >= 15 is 0 Å². The quantitative estimate of drug-likeness (QED) is 0.797. The molecule has 0 spiro atoms. The molecule has 0 saturated carbocycles. The van der Waals surface area contributed by atoms with Crippen LogP contribution in [0.5, 0.6) is 0 Å². The predicted molar refractivity (Wildman–Crippen MR) is 59.9 cm³/mol. The minimum absolute atomic E-state index is 0.309. The third-order valence-electron chi connectivity index (χ3n) is 1.61. The van der Waals surface area contributed by atoms with Crippen LogP contribution < -0.4 is 0 Å². The smallest absolute Gasteiger partial charge is 0.367 e. The molecule has 0 saturated heterocycles. The highest BCUT2D eigenvalue weighted by molar-refractivity contribution is 9.11.